The zero-order chi connectivity index (χ0) is 13.2. The Hall–Kier alpha value is -1.26. The number of benzene rings is 1. The van der Waals surface area contributed by atoms with Gasteiger partial charge in [-0.25, -0.2) is 0 Å². The molecule has 3 rings (SSSR count). The van der Waals surface area contributed by atoms with Gasteiger partial charge in [-0.05, 0) is 37.1 Å². The molecule has 4 nitrogen and oxygen atoms in total. The summed E-state index contributed by atoms with van der Waals surface area (Å²) in [4.78, 5) is 6.53. The van der Waals surface area contributed by atoms with E-state index in [4.69, 9.17) is 22.1 Å². The third-order valence-corrected chi connectivity index (χ3v) is 4.12. The van der Waals surface area contributed by atoms with E-state index in [1.165, 1.54) is 6.42 Å². The van der Waals surface area contributed by atoms with Crippen LogP contribution in [0.25, 0.3) is 0 Å². The molecule has 0 radical (unpaired) electrons. The Morgan fingerprint density at radius 2 is 2.11 bits per heavy atom. The van der Waals surface area contributed by atoms with Gasteiger partial charge in [0.15, 0.2) is 5.96 Å². The summed E-state index contributed by atoms with van der Waals surface area (Å²) in [7, 11) is 0. The van der Waals surface area contributed by atoms with Gasteiger partial charge in [0.1, 0.15) is 0 Å². The summed E-state index contributed by atoms with van der Waals surface area (Å²) in [5.41, 5.74) is 7.10. The Morgan fingerprint density at radius 1 is 1.32 bits per heavy atom. The van der Waals surface area contributed by atoms with Crippen LogP contribution in [0, 0.1) is 5.92 Å². The molecule has 2 aliphatic heterocycles. The zero-order valence-electron chi connectivity index (χ0n) is 10.8. The third kappa shape index (κ3) is 2.55. The van der Waals surface area contributed by atoms with E-state index in [2.05, 4.69) is 9.89 Å². The molecule has 1 fully saturated rings. The molecule has 2 heterocycles. The molecule has 19 heavy (non-hydrogen) atoms. The number of nitrogens with zero attached hydrogens (tertiary/aromatic N) is 2. The van der Waals surface area contributed by atoms with Crippen LogP contribution in [0.1, 0.15) is 12.8 Å². The monoisotopic (exact) mass is 279 g/mol. The van der Waals surface area contributed by atoms with Gasteiger partial charge in [0, 0.05) is 23.2 Å². The molecule has 0 amide bonds. The number of halogens is 1. The van der Waals surface area contributed by atoms with E-state index >= 15 is 0 Å². The van der Waals surface area contributed by atoms with Crippen LogP contribution in [-0.4, -0.2) is 31.8 Å². The molecule has 2 aliphatic rings. The van der Waals surface area contributed by atoms with Crippen LogP contribution in [0.5, 0.6) is 0 Å². The number of rotatable bonds is 2. The first kappa shape index (κ1) is 12.8. The van der Waals surface area contributed by atoms with Crippen LogP contribution < -0.4 is 10.6 Å². The molecule has 102 valence electrons. The lowest BCUT2D eigenvalue weighted by Gasteiger charge is -2.34. The van der Waals surface area contributed by atoms with Gasteiger partial charge >= 0.3 is 0 Å². The summed E-state index contributed by atoms with van der Waals surface area (Å²) in [6.45, 7) is 2.43. The second-order valence-corrected chi connectivity index (χ2v) is 5.53. The highest BCUT2D eigenvalue weighted by Crippen LogP contribution is 2.29. The Morgan fingerprint density at radius 3 is 2.79 bits per heavy atom. The Labute approximate surface area is 118 Å². The van der Waals surface area contributed by atoms with Crippen molar-refractivity contribution in [1.29, 1.82) is 0 Å². The van der Waals surface area contributed by atoms with E-state index in [0.717, 1.165) is 36.9 Å². The number of hydrogen-bond acceptors (Lipinski definition) is 4. The lowest BCUT2D eigenvalue weighted by molar-refractivity contribution is 0.0473. The highest BCUT2D eigenvalue weighted by atomic mass is 35.5. The standard InChI is InChI=1S/C14H18ClN3O/c15-11-3-5-12(6-4-11)18-13(8-17-14(18)16)10-2-1-7-19-9-10/h3-6,10,13H,1-2,7-9H2,(H2,16,17). The van der Waals surface area contributed by atoms with Crippen molar-refractivity contribution in [2.24, 2.45) is 16.6 Å². The number of nitrogens with two attached hydrogens (primary N) is 1. The van der Waals surface area contributed by atoms with Crippen molar-refractivity contribution >= 4 is 23.2 Å². The van der Waals surface area contributed by atoms with Crippen molar-refractivity contribution in [1.82, 2.24) is 0 Å². The smallest absolute Gasteiger partial charge is 0.196 e. The fraction of sp³-hybridized carbons (Fsp3) is 0.500. The normalized spacial score (nSPS) is 27.4. The van der Waals surface area contributed by atoms with Gasteiger partial charge in [0.2, 0.25) is 0 Å². The summed E-state index contributed by atoms with van der Waals surface area (Å²) >= 11 is 5.94. The first-order valence-corrected chi connectivity index (χ1v) is 7.06. The number of hydrogen-bond donors (Lipinski definition) is 1. The molecule has 0 saturated carbocycles. The zero-order valence-corrected chi connectivity index (χ0v) is 11.5. The van der Waals surface area contributed by atoms with Crippen LogP contribution in [0.15, 0.2) is 29.3 Å². The highest BCUT2D eigenvalue weighted by Gasteiger charge is 2.34. The van der Waals surface area contributed by atoms with Crippen molar-refractivity contribution in [2.45, 2.75) is 18.9 Å². The van der Waals surface area contributed by atoms with Crippen molar-refractivity contribution < 1.29 is 4.74 Å². The van der Waals surface area contributed by atoms with Gasteiger partial charge in [-0.15, -0.1) is 0 Å². The second-order valence-electron chi connectivity index (χ2n) is 5.09. The van der Waals surface area contributed by atoms with Gasteiger partial charge in [-0.3, -0.25) is 4.99 Å². The van der Waals surface area contributed by atoms with E-state index < -0.39 is 0 Å². The van der Waals surface area contributed by atoms with Crippen molar-refractivity contribution in [3.8, 4) is 0 Å². The van der Waals surface area contributed by atoms with E-state index in [9.17, 15) is 0 Å². The van der Waals surface area contributed by atoms with Gasteiger partial charge < -0.3 is 15.4 Å². The maximum Gasteiger partial charge on any atom is 0.196 e. The lowest BCUT2D eigenvalue weighted by atomic mass is 9.93. The quantitative estimate of drug-likeness (QED) is 0.903. The SMILES string of the molecule is NC1=NCC(C2CCCOC2)N1c1ccc(Cl)cc1. The Bertz CT molecular complexity index is 468. The molecular weight excluding hydrogens is 262 g/mol. The molecule has 1 aromatic rings. The average Bonchev–Trinajstić information content (AvgIpc) is 2.83. The van der Waals surface area contributed by atoms with Crippen molar-refractivity contribution in [3.63, 3.8) is 0 Å². The molecule has 0 spiro atoms. The third-order valence-electron chi connectivity index (χ3n) is 3.86. The van der Waals surface area contributed by atoms with Gasteiger partial charge in [0.05, 0.1) is 19.2 Å². The predicted molar refractivity (Wildman–Crippen MR) is 77.8 cm³/mol. The lowest BCUT2D eigenvalue weighted by Crippen LogP contribution is -2.47. The topological polar surface area (TPSA) is 50.9 Å². The van der Waals surface area contributed by atoms with E-state index in [-0.39, 0.29) is 0 Å². The first-order chi connectivity index (χ1) is 9.25. The van der Waals surface area contributed by atoms with Crippen LogP contribution in [0.4, 0.5) is 5.69 Å². The summed E-state index contributed by atoms with van der Waals surface area (Å²) in [5.74, 6) is 1.09. The van der Waals surface area contributed by atoms with Crippen LogP contribution in [0.3, 0.4) is 0 Å². The van der Waals surface area contributed by atoms with Crippen LogP contribution in [-0.2, 0) is 4.74 Å². The van der Waals surface area contributed by atoms with E-state index in [1.807, 2.05) is 24.3 Å². The minimum atomic E-state index is 0.307. The van der Waals surface area contributed by atoms with E-state index in [0.29, 0.717) is 17.9 Å². The molecule has 0 bridgehead atoms. The van der Waals surface area contributed by atoms with Gasteiger partial charge in [-0.1, -0.05) is 11.6 Å². The van der Waals surface area contributed by atoms with E-state index in [1.54, 1.807) is 0 Å². The largest absolute Gasteiger partial charge is 0.381 e. The van der Waals surface area contributed by atoms with Crippen molar-refractivity contribution in [2.75, 3.05) is 24.7 Å². The molecule has 2 N–H and O–H groups in total. The highest BCUT2D eigenvalue weighted by molar-refractivity contribution is 6.30. The van der Waals surface area contributed by atoms with Gasteiger partial charge in [-0.2, -0.15) is 0 Å². The second kappa shape index (κ2) is 5.39. The summed E-state index contributed by atoms with van der Waals surface area (Å²) in [6, 6.07) is 8.06. The molecule has 0 aromatic heterocycles. The average molecular weight is 280 g/mol. The van der Waals surface area contributed by atoms with Crippen LogP contribution >= 0.6 is 11.6 Å². The molecule has 0 aliphatic carbocycles. The molecule has 2 unspecified atom stereocenters. The maximum atomic E-state index is 6.05. The summed E-state index contributed by atoms with van der Waals surface area (Å²) in [5, 5.41) is 0.732. The fourth-order valence-corrected chi connectivity index (χ4v) is 3.00. The summed E-state index contributed by atoms with van der Waals surface area (Å²) in [6.07, 6.45) is 2.30. The molecule has 1 aromatic carbocycles. The minimum Gasteiger partial charge on any atom is -0.381 e. The molecule has 2 atom stereocenters. The minimum absolute atomic E-state index is 0.307. The fourth-order valence-electron chi connectivity index (χ4n) is 2.87. The Kier molecular flexibility index (Phi) is 3.62. The number of ether oxygens (including phenoxy) is 1. The number of aliphatic imine (C=N–C) groups is 1. The molecule has 1 saturated heterocycles. The first-order valence-electron chi connectivity index (χ1n) is 6.68. The maximum absolute atomic E-state index is 6.05. The predicted octanol–water partition coefficient (Wildman–Crippen LogP) is 2.27. The van der Waals surface area contributed by atoms with Gasteiger partial charge in [0.25, 0.3) is 0 Å². The molecule has 5 heteroatoms. The van der Waals surface area contributed by atoms with Crippen molar-refractivity contribution in [3.05, 3.63) is 29.3 Å². The summed E-state index contributed by atoms with van der Waals surface area (Å²) < 4.78 is 5.59. The number of guanidine groups is 1. The molecular formula is C14H18ClN3O. The van der Waals surface area contributed by atoms with Crippen LogP contribution in [0.2, 0.25) is 5.02 Å². The number of anilines is 1. The Balaban J connectivity index is 1.83.